The Morgan fingerprint density at radius 2 is 1.69 bits per heavy atom. The van der Waals surface area contributed by atoms with Crippen LogP contribution < -0.4 is 15.4 Å². The van der Waals surface area contributed by atoms with Gasteiger partial charge < -0.3 is 15.4 Å². The van der Waals surface area contributed by atoms with Crippen molar-refractivity contribution in [3.63, 3.8) is 0 Å². The predicted octanol–water partition coefficient (Wildman–Crippen LogP) is 4.54. The summed E-state index contributed by atoms with van der Waals surface area (Å²) in [5.41, 5.74) is -0.212. The average Bonchev–Trinajstić information content (AvgIpc) is 2.99. The predicted molar refractivity (Wildman–Crippen MR) is 121 cm³/mol. The number of amides is 4. The third kappa shape index (κ3) is 4.43. The molecule has 2 N–H and O–H groups in total. The first-order chi connectivity index (χ1) is 15.3. The molecule has 1 aliphatic rings. The van der Waals surface area contributed by atoms with E-state index in [2.05, 4.69) is 10.6 Å². The Balaban J connectivity index is 1.43. The molecule has 0 radical (unpaired) electrons. The molecule has 3 aromatic rings. The second-order valence-corrected chi connectivity index (χ2v) is 7.88. The molecule has 4 rings (SSSR count). The highest BCUT2D eigenvalue weighted by molar-refractivity contribution is 6.30. The van der Waals surface area contributed by atoms with Gasteiger partial charge in [0.15, 0.2) is 0 Å². The Hall–Kier alpha value is -3.84. The molecule has 8 heteroatoms. The molecule has 3 aromatic carbocycles. The van der Waals surface area contributed by atoms with Crippen molar-refractivity contribution in [3.05, 3.63) is 89.4 Å². The van der Waals surface area contributed by atoms with Gasteiger partial charge in [-0.3, -0.25) is 14.5 Å². The van der Waals surface area contributed by atoms with E-state index in [0.29, 0.717) is 27.8 Å². The van der Waals surface area contributed by atoms with Crippen molar-refractivity contribution in [1.82, 2.24) is 10.2 Å². The topological polar surface area (TPSA) is 87.7 Å². The Morgan fingerprint density at radius 1 is 1.00 bits per heavy atom. The van der Waals surface area contributed by atoms with Gasteiger partial charge in [-0.1, -0.05) is 48.0 Å². The van der Waals surface area contributed by atoms with E-state index in [1.54, 1.807) is 55.5 Å². The molecule has 7 nitrogen and oxygen atoms in total. The molecule has 0 bridgehead atoms. The third-order valence-corrected chi connectivity index (χ3v) is 5.35. The van der Waals surface area contributed by atoms with Crippen LogP contribution in [0.25, 0.3) is 0 Å². The van der Waals surface area contributed by atoms with Crippen molar-refractivity contribution in [2.75, 3.05) is 11.9 Å². The van der Waals surface area contributed by atoms with E-state index in [1.807, 2.05) is 30.3 Å². The van der Waals surface area contributed by atoms with Crippen molar-refractivity contribution in [2.24, 2.45) is 0 Å². The monoisotopic (exact) mass is 449 g/mol. The van der Waals surface area contributed by atoms with Crippen molar-refractivity contribution in [2.45, 2.75) is 12.5 Å². The molecule has 0 unspecified atom stereocenters. The summed E-state index contributed by atoms with van der Waals surface area (Å²) in [6.07, 6.45) is 0. The van der Waals surface area contributed by atoms with E-state index in [0.717, 1.165) is 4.90 Å². The van der Waals surface area contributed by atoms with Crippen LogP contribution in [-0.2, 0) is 15.1 Å². The van der Waals surface area contributed by atoms with Crippen LogP contribution in [0.15, 0.2) is 78.9 Å². The Labute approximate surface area is 189 Å². The largest absolute Gasteiger partial charge is 0.457 e. The minimum absolute atomic E-state index is 0.419. The summed E-state index contributed by atoms with van der Waals surface area (Å²) in [6.45, 7) is 1.18. The van der Waals surface area contributed by atoms with E-state index in [1.165, 1.54) is 0 Å². The molecule has 1 fully saturated rings. The molecule has 0 saturated carbocycles. The van der Waals surface area contributed by atoms with Crippen molar-refractivity contribution in [3.8, 4) is 11.5 Å². The minimum atomic E-state index is -1.27. The molecule has 1 heterocycles. The van der Waals surface area contributed by atoms with Crippen LogP contribution in [0, 0.1) is 0 Å². The number of anilines is 1. The van der Waals surface area contributed by atoms with E-state index in [9.17, 15) is 14.4 Å². The fourth-order valence-corrected chi connectivity index (χ4v) is 3.55. The van der Waals surface area contributed by atoms with Crippen LogP contribution >= 0.6 is 11.6 Å². The zero-order valence-corrected chi connectivity index (χ0v) is 17.9. The highest BCUT2D eigenvalue weighted by Crippen LogP contribution is 2.30. The summed E-state index contributed by atoms with van der Waals surface area (Å²) >= 11 is 5.92. The second-order valence-electron chi connectivity index (χ2n) is 7.44. The number of urea groups is 1. The van der Waals surface area contributed by atoms with Gasteiger partial charge in [0.05, 0.1) is 0 Å². The smallest absolute Gasteiger partial charge is 0.325 e. The van der Waals surface area contributed by atoms with Gasteiger partial charge in [-0.25, -0.2) is 4.79 Å². The SMILES string of the molecule is C[C@]1(c2ccc(Cl)cc2)NC(=O)N(CC(=O)Nc2cccc(Oc3ccccc3)c2)C1=O. The van der Waals surface area contributed by atoms with Crippen LogP contribution in [0.1, 0.15) is 12.5 Å². The number of rotatable bonds is 6. The number of para-hydroxylation sites is 1. The number of nitrogens with one attached hydrogen (secondary N) is 2. The van der Waals surface area contributed by atoms with Gasteiger partial charge >= 0.3 is 6.03 Å². The lowest BCUT2D eigenvalue weighted by Gasteiger charge is -2.22. The number of imide groups is 1. The summed E-state index contributed by atoms with van der Waals surface area (Å²) in [5.74, 6) is 0.183. The van der Waals surface area contributed by atoms with E-state index in [4.69, 9.17) is 16.3 Å². The molecular formula is C24H20ClN3O4. The Morgan fingerprint density at radius 3 is 2.41 bits per heavy atom. The van der Waals surface area contributed by atoms with E-state index >= 15 is 0 Å². The number of benzene rings is 3. The average molecular weight is 450 g/mol. The number of halogens is 1. The van der Waals surface area contributed by atoms with Crippen LogP contribution in [0.2, 0.25) is 5.02 Å². The van der Waals surface area contributed by atoms with Gasteiger partial charge in [-0.15, -0.1) is 0 Å². The normalized spacial score (nSPS) is 17.8. The molecule has 0 spiro atoms. The van der Waals surface area contributed by atoms with Gasteiger partial charge in [-0.2, -0.15) is 0 Å². The molecule has 1 aliphatic heterocycles. The van der Waals surface area contributed by atoms with Gasteiger partial charge in [0.1, 0.15) is 23.6 Å². The summed E-state index contributed by atoms with van der Waals surface area (Å²) in [5, 5.41) is 5.88. The summed E-state index contributed by atoms with van der Waals surface area (Å²) in [7, 11) is 0. The molecule has 4 amide bonds. The number of nitrogens with zero attached hydrogens (tertiary/aromatic N) is 1. The Bertz CT molecular complexity index is 1170. The lowest BCUT2D eigenvalue weighted by molar-refractivity contribution is -0.133. The molecule has 1 saturated heterocycles. The zero-order chi connectivity index (χ0) is 22.7. The van der Waals surface area contributed by atoms with Crippen molar-refractivity contribution < 1.29 is 19.1 Å². The first-order valence-corrected chi connectivity index (χ1v) is 10.3. The van der Waals surface area contributed by atoms with E-state index < -0.39 is 29.9 Å². The minimum Gasteiger partial charge on any atom is -0.457 e. The van der Waals surface area contributed by atoms with Crippen LogP contribution in [0.3, 0.4) is 0 Å². The van der Waals surface area contributed by atoms with Crippen LogP contribution in [-0.4, -0.2) is 29.3 Å². The molecule has 0 aliphatic carbocycles. The second kappa shape index (κ2) is 8.72. The van der Waals surface area contributed by atoms with E-state index in [-0.39, 0.29) is 0 Å². The Kier molecular flexibility index (Phi) is 5.83. The fraction of sp³-hybridized carbons (Fsp3) is 0.125. The quantitative estimate of drug-likeness (QED) is 0.541. The van der Waals surface area contributed by atoms with Crippen LogP contribution in [0.5, 0.6) is 11.5 Å². The molecule has 162 valence electrons. The van der Waals surface area contributed by atoms with Crippen molar-refractivity contribution in [1.29, 1.82) is 0 Å². The third-order valence-electron chi connectivity index (χ3n) is 5.09. The van der Waals surface area contributed by atoms with Gasteiger partial charge in [-0.05, 0) is 48.9 Å². The maximum Gasteiger partial charge on any atom is 0.325 e. The number of ether oxygens (including phenoxy) is 1. The highest BCUT2D eigenvalue weighted by atomic mass is 35.5. The van der Waals surface area contributed by atoms with Crippen molar-refractivity contribution >= 4 is 35.1 Å². The summed E-state index contributed by atoms with van der Waals surface area (Å²) < 4.78 is 5.76. The number of hydrogen-bond acceptors (Lipinski definition) is 4. The zero-order valence-electron chi connectivity index (χ0n) is 17.2. The summed E-state index contributed by atoms with van der Waals surface area (Å²) in [6, 6.07) is 22.1. The number of carbonyl (C=O) groups is 3. The van der Waals surface area contributed by atoms with Crippen LogP contribution in [0.4, 0.5) is 10.5 Å². The van der Waals surface area contributed by atoms with Gasteiger partial charge in [0, 0.05) is 16.8 Å². The highest BCUT2D eigenvalue weighted by Gasteiger charge is 2.49. The maximum atomic E-state index is 13.0. The first kappa shape index (κ1) is 21.4. The standard InChI is InChI=1S/C24H20ClN3O4/c1-24(16-10-12-17(25)13-11-16)22(30)28(23(31)27-24)15-21(29)26-18-6-5-9-20(14-18)32-19-7-3-2-4-8-19/h2-14H,15H2,1H3,(H,26,29)(H,27,31)/t24-/m1/s1. The van der Waals surface area contributed by atoms with Gasteiger partial charge in [0.2, 0.25) is 5.91 Å². The lowest BCUT2D eigenvalue weighted by Crippen LogP contribution is -2.42. The number of hydrogen-bond donors (Lipinski definition) is 2. The fourth-order valence-electron chi connectivity index (χ4n) is 3.43. The first-order valence-electron chi connectivity index (χ1n) is 9.88. The van der Waals surface area contributed by atoms with Gasteiger partial charge in [0.25, 0.3) is 5.91 Å². The molecular weight excluding hydrogens is 430 g/mol. The maximum absolute atomic E-state index is 13.0. The molecule has 1 atom stereocenters. The molecule has 0 aromatic heterocycles. The lowest BCUT2D eigenvalue weighted by atomic mass is 9.92. The number of carbonyl (C=O) groups excluding carboxylic acids is 3. The summed E-state index contributed by atoms with van der Waals surface area (Å²) in [4.78, 5) is 38.9. The molecule has 32 heavy (non-hydrogen) atoms.